The highest BCUT2D eigenvalue weighted by atomic mass is 19.3. The van der Waals surface area contributed by atoms with Crippen molar-refractivity contribution in [1.82, 2.24) is 0 Å². The Bertz CT molecular complexity index is 331. The van der Waals surface area contributed by atoms with Gasteiger partial charge >= 0.3 is 0 Å². The summed E-state index contributed by atoms with van der Waals surface area (Å²) in [6.45, 7) is 0. The molecule has 0 radical (unpaired) electrons. The summed E-state index contributed by atoms with van der Waals surface area (Å²) in [6, 6.07) is 0. The highest BCUT2D eigenvalue weighted by molar-refractivity contribution is 5.42. The molecule has 0 aliphatic rings. The van der Waals surface area contributed by atoms with Crippen molar-refractivity contribution in [2.45, 2.75) is 0 Å². The van der Waals surface area contributed by atoms with E-state index in [0.717, 1.165) is 0 Å². The monoisotopic (exact) mass is 218 g/mol. The summed E-state index contributed by atoms with van der Waals surface area (Å²) in [5, 5.41) is 0. The second kappa shape index (κ2) is 3.64. The Hall–Kier alpha value is -1.60. The van der Waals surface area contributed by atoms with Gasteiger partial charge in [0.15, 0.2) is 0 Å². The molecule has 0 heterocycles. The Labute approximate surface area is 72.5 Å². The van der Waals surface area contributed by atoms with Crippen LogP contribution >= 0.6 is 0 Å². The third-order valence-electron chi connectivity index (χ3n) is 1.34. The minimum Gasteiger partial charge on any atom is -0.287 e. The van der Waals surface area contributed by atoms with Crippen molar-refractivity contribution in [3.63, 3.8) is 0 Å². The molecule has 0 atom stereocenters. The Morgan fingerprint density at radius 3 is 1.07 bits per heavy atom. The number of rotatable bonds is 2. The molecule has 0 unspecified atom stereocenters. The van der Waals surface area contributed by atoms with Gasteiger partial charge in [0.2, 0.25) is 23.3 Å². The Morgan fingerprint density at radius 1 is 0.571 bits per heavy atom. The molecule has 8 heteroatoms. The van der Waals surface area contributed by atoms with Gasteiger partial charge in [-0.15, -0.1) is 0 Å². The number of benzene rings is 1. The van der Waals surface area contributed by atoms with E-state index in [4.69, 9.17) is 0 Å². The van der Waals surface area contributed by atoms with Gasteiger partial charge in [-0.25, -0.2) is 8.78 Å². The highest BCUT2D eigenvalue weighted by Crippen LogP contribution is 2.37. The molecule has 0 aliphatic heterocycles. The Morgan fingerprint density at radius 2 is 0.857 bits per heavy atom. The zero-order valence-corrected chi connectivity index (χ0v) is 6.08. The molecular weight excluding hydrogens is 218 g/mol. The van der Waals surface area contributed by atoms with Crippen LogP contribution in [0.4, 0.5) is 26.6 Å². The quantitative estimate of drug-likeness (QED) is 0.431. The lowest BCUT2D eigenvalue weighted by molar-refractivity contribution is -0.0465. The van der Waals surface area contributed by atoms with Crippen LogP contribution in [0.5, 0.6) is 11.5 Å². The van der Waals surface area contributed by atoms with Crippen LogP contribution in [0.1, 0.15) is 0 Å². The van der Waals surface area contributed by atoms with Gasteiger partial charge in [0.05, 0.1) is 0 Å². The van der Waals surface area contributed by atoms with E-state index in [1.807, 2.05) is 0 Å². The average Bonchev–Trinajstić information content (AvgIpc) is 2.20. The maximum atomic E-state index is 12.5. The van der Waals surface area contributed by atoms with Crippen molar-refractivity contribution in [1.29, 1.82) is 0 Å². The standard InChI is InChI=1S/C6F6O2/c7-1-2(8)4(10)6(14-12)5(13-11)3(1)9. The van der Waals surface area contributed by atoms with Gasteiger partial charge in [0, 0.05) is 9.05 Å². The van der Waals surface area contributed by atoms with Gasteiger partial charge in [-0.2, -0.15) is 8.78 Å². The minimum atomic E-state index is -2.34. The molecule has 0 aromatic heterocycles. The van der Waals surface area contributed by atoms with Crippen LogP contribution < -0.4 is 9.88 Å². The van der Waals surface area contributed by atoms with Gasteiger partial charge in [0.25, 0.3) is 11.5 Å². The van der Waals surface area contributed by atoms with Crippen LogP contribution in [0.25, 0.3) is 0 Å². The number of hydrogen-bond donors (Lipinski definition) is 0. The topological polar surface area (TPSA) is 18.5 Å². The lowest BCUT2D eigenvalue weighted by Crippen LogP contribution is -2.01. The Kier molecular flexibility index (Phi) is 2.73. The molecule has 0 bridgehead atoms. The van der Waals surface area contributed by atoms with E-state index in [9.17, 15) is 26.6 Å². The molecule has 0 amide bonds. The fourth-order valence-electron chi connectivity index (χ4n) is 0.729. The molecule has 14 heavy (non-hydrogen) atoms. The van der Waals surface area contributed by atoms with Gasteiger partial charge < -0.3 is 0 Å². The fraction of sp³-hybridized carbons (Fsp3) is 0. The smallest absolute Gasteiger partial charge is 0.260 e. The molecule has 0 N–H and O–H groups in total. The van der Waals surface area contributed by atoms with Crippen LogP contribution in [-0.2, 0) is 0 Å². The van der Waals surface area contributed by atoms with Gasteiger partial charge in [-0.05, 0) is 0 Å². The first-order valence-corrected chi connectivity index (χ1v) is 2.97. The third-order valence-corrected chi connectivity index (χ3v) is 1.34. The molecule has 1 aromatic carbocycles. The van der Waals surface area contributed by atoms with Gasteiger partial charge in [-0.3, -0.25) is 9.88 Å². The lowest BCUT2D eigenvalue weighted by Gasteiger charge is -2.04. The average molecular weight is 218 g/mol. The summed E-state index contributed by atoms with van der Waals surface area (Å²) in [7, 11) is 0. The number of hydrogen-bond acceptors (Lipinski definition) is 2. The largest absolute Gasteiger partial charge is 0.287 e. The van der Waals surface area contributed by atoms with Crippen LogP contribution in [0, 0.1) is 23.3 Å². The summed E-state index contributed by atoms with van der Waals surface area (Å²) >= 11 is 0. The predicted molar refractivity (Wildman–Crippen MR) is 29.7 cm³/mol. The fourth-order valence-corrected chi connectivity index (χ4v) is 0.729. The maximum Gasteiger partial charge on any atom is 0.260 e. The zero-order valence-electron chi connectivity index (χ0n) is 6.08. The van der Waals surface area contributed by atoms with Crippen molar-refractivity contribution in [3.05, 3.63) is 23.3 Å². The normalized spacial score (nSPS) is 10.1. The molecule has 1 aromatic rings. The van der Waals surface area contributed by atoms with Crippen molar-refractivity contribution < 1.29 is 36.5 Å². The molecule has 1 rings (SSSR count). The maximum absolute atomic E-state index is 12.5. The molecule has 78 valence electrons. The second-order valence-electron chi connectivity index (χ2n) is 2.07. The SMILES string of the molecule is FOc1c(F)c(F)c(F)c(F)c1OF. The molecule has 0 fully saturated rings. The van der Waals surface area contributed by atoms with Crippen LogP contribution in [-0.4, -0.2) is 0 Å². The number of halogens is 6. The third kappa shape index (κ3) is 1.32. The van der Waals surface area contributed by atoms with E-state index in [-0.39, 0.29) is 0 Å². The first kappa shape index (κ1) is 10.5. The van der Waals surface area contributed by atoms with Crippen molar-refractivity contribution in [3.8, 4) is 11.5 Å². The van der Waals surface area contributed by atoms with E-state index in [1.165, 1.54) is 0 Å². The Balaban J connectivity index is 3.57. The minimum absolute atomic E-state index is 1.84. The zero-order chi connectivity index (χ0) is 10.9. The van der Waals surface area contributed by atoms with E-state index in [0.29, 0.717) is 0 Å². The molecule has 0 aliphatic carbocycles. The first-order chi connectivity index (χ1) is 6.54. The van der Waals surface area contributed by atoms with E-state index >= 15 is 0 Å². The summed E-state index contributed by atoms with van der Waals surface area (Å²) in [5.74, 6) is -12.8. The van der Waals surface area contributed by atoms with Crippen molar-refractivity contribution in [2.24, 2.45) is 0 Å². The molecule has 0 saturated heterocycles. The summed E-state index contributed by atoms with van der Waals surface area (Å²) < 4.78 is 72.6. The highest BCUT2D eigenvalue weighted by Gasteiger charge is 2.29. The van der Waals surface area contributed by atoms with E-state index in [2.05, 4.69) is 9.88 Å². The van der Waals surface area contributed by atoms with Crippen LogP contribution in [0.15, 0.2) is 0 Å². The van der Waals surface area contributed by atoms with Gasteiger partial charge in [-0.1, -0.05) is 0 Å². The van der Waals surface area contributed by atoms with Crippen molar-refractivity contribution >= 4 is 0 Å². The first-order valence-electron chi connectivity index (χ1n) is 2.97. The predicted octanol–water partition coefficient (Wildman–Crippen LogP) is 2.77. The molecule has 0 saturated carbocycles. The second-order valence-corrected chi connectivity index (χ2v) is 2.07. The van der Waals surface area contributed by atoms with E-state index in [1.54, 1.807) is 0 Å². The van der Waals surface area contributed by atoms with Crippen molar-refractivity contribution in [2.75, 3.05) is 0 Å². The molecular formula is C6F6O2. The summed E-state index contributed by atoms with van der Waals surface area (Å²) in [5.41, 5.74) is 0. The molecule has 0 spiro atoms. The van der Waals surface area contributed by atoms with Crippen LogP contribution in [0.2, 0.25) is 0 Å². The van der Waals surface area contributed by atoms with Gasteiger partial charge in [0.1, 0.15) is 0 Å². The summed E-state index contributed by atoms with van der Waals surface area (Å²) in [6.07, 6.45) is 0. The molecule has 2 nitrogen and oxygen atoms in total. The van der Waals surface area contributed by atoms with Crippen LogP contribution in [0.3, 0.4) is 0 Å². The summed E-state index contributed by atoms with van der Waals surface area (Å²) in [4.78, 5) is 5.19. The van der Waals surface area contributed by atoms with E-state index < -0.39 is 34.8 Å². The lowest BCUT2D eigenvalue weighted by atomic mass is 10.2.